The van der Waals surface area contributed by atoms with Crippen LogP contribution in [0.2, 0.25) is 0 Å². The fraction of sp³-hybridized carbons (Fsp3) is 0.385. The summed E-state index contributed by atoms with van der Waals surface area (Å²) in [6.45, 7) is 6.01. The molecule has 0 unspecified atom stereocenters. The summed E-state index contributed by atoms with van der Waals surface area (Å²) in [6.07, 6.45) is 3.65. The molecule has 0 atom stereocenters. The second-order valence-corrected chi connectivity index (χ2v) is 4.04. The van der Waals surface area contributed by atoms with Gasteiger partial charge in [0.2, 0.25) is 0 Å². The molecule has 0 amide bonds. The minimum absolute atomic E-state index is 0.278. The van der Waals surface area contributed by atoms with Crippen molar-refractivity contribution in [1.29, 1.82) is 0 Å². The van der Waals surface area contributed by atoms with Crippen LogP contribution in [0.3, 0.4) is 0 Å². The summed E-state index contributed by atoms with van der Waals surface area (Å²) in [7, 11) is 1.40. The molecule has 0 bridgehead atoms. The summed E-state index contributed by atoms with van der Waals surface area (Å²) in [5.41, 5.74) is 3.76. The standard InChI is InChI=1S/C13H19NO3/c1-9-8-12(6-5-7-17-14(4)16)11(3)13(15)10(9)2/h5-6,8,15-16H,7H2,1-4H3/b6-5+. The van der Waals surface area contributed by atoms with Gasteiger partial charge in [0.15, 0.2) is 0 Å². The van der Waals surface area contributed by atoms with Crippen molar-refractivity contribution in [2.24, 2.45) is 0 Å². The highest BCUT2D eigenvalue weighted by Crippen LogP contribution is 2.28. The molecule has 2 N–H and O–H groups in total. The third kappa shape index (κ3) is 3.56. The Balaban J connectivity index is 2.85. The van der Waals surface area contributed by atoms with E-state index in [0.717, 1.165) is 22.3 Å². The normalized spacial score (nSPS) is 11.6. The maximum atomic E-state index is 9.90. The van der Waals surface area contributed by atoms with Crippen LogP contribution in [0.15, 0.2) is 12.1 Å². The maximum absolute atomic E-state index is 9.90. The summed E-state index contributed by atoms with van der Waals surface area (Å²) < 4.78 is 0. The lowest BCUT2D eigenvalue weighted by molar-refractivity contribution is -0.317. The highest BCUT2D eigenvalue weighted by molar-refractivity contribution is 5.61. The summed E-state index contributed by atoms with van der Waals surface area (Å²) in [6, 6.07) is 2.02. The number of phenolic OH excluding ortho intramolecular Hbond substituents is 1. The molecule has 4 heteroatoms. The third-order valence-corrected chi connectivity index (χ3v) is 2.76. The van der Waals surface area contributed by atoms with Crippen molar-refractivity contribution >= 4 is 6.08 Å². The average molecular weight is 237 g/mol. The number of hydrogen-bond acceptors (Lipinski definition) is 4. The molecule has 0 aromatic heterocycles. The lowest BCUT2D eigenvalue weighted by atomic mass is 9.99. The molecule has 0 radical (unpaired) electrons. The Labute approximate surface area is 102 Å². The van der Waals surface area contributed by atoms with Gasteiger partial charge in [0.05, 0.1) is 6.61 Å². The van der Waals surface area contributed by atoms with E-state index in [-0.39, 0.29) is 6.61 Å². The highest BCUT2D eigenvalue weighted by atomic mass is 16.9. The molecule has 0 saturated carbocycles. The van der Waals surface area contributed by atoms with Crippen LogP contribution in [0.4, 0.5) is 0 Å². The van der Waals surface area contributed by atoms with E-state index >= 15 is 0 Å². The van der Waals surface area contributed by atoms with E-state index in [1.165, 1.54) is 7.05 Å². The van der Waals surface area contributed by atoms with Gasteiger partial charge in [-0.3, -0.25) is 10.0 Å². The van der Waals surface area contributed by atoms with Crippen molar-refractivity contribution < 1.29 is 15.2 Å². The maximum Gasteiger partial charge on any atom is 0.122 e. The summed E-state index contributed by atoms with van der Waals surface area (Å²) in [5.74, 6) is 0.338. The molecular weight excluding hydrogens is 218 g/mol. The first-order valence-electron chi connectivity index (χ1n) is 5.45. The lowest BCUT2D eigenvalue weighted by Crippen LogP contribution is -2.12. The van der Waals surface area contributed by atoms with Crippen molar-refractivity contribution in [3.8, 4) is 5.75 Å². The number of aryl methyl sites for hydroxylation is 1. The largest absolute Gasteiger partial charge is 0.507 e. The Kier molecular flexibility index (Phi) is 4.69. The molecule has 0 spiro atoms. The zero-order chi connectivity index (χ0) is 13.0. The van der Waals surface area contributed by atoms with E-state index in [4.69, 9.17) is 10.0 Å². The van der Waals surface area contributed by atoms with E-state index in [1.54, 1.807) is 6.08 Å². The zero-order valence-corrected chi connectivity index (χ0v) is 10.7. The van der Waals surface area contributed by atoms with E-state index in [9.17, 15) is 5.11 Å². The summed E-state index contributed by atoms with van der Waals surface area (Å²) in [5, 5.41) is 19.3. The Morgan fingerprint density at radius 3 is 2.53 bits per heavy atom. The highest BCUT2D eigenvalue weighted by Gasteiger charge is 2.07. The summed E-state index contributed by atoms with van der Waals surface area (Å²) in [4.78, 5) is 4.83. The molecule has 0 heterocycles. The van der Waals surface area contributed by atoms with E-state index in [1.807, 2.05) is 32.9 Å². The van der Waals surface area contributed by atoms with Crippen molar-refractivity contribution in [3.63, 3.8) is 0 Å². The van der Waals surface area contributed by atoms with Crippen molar-refractivity contribution in [2.75, 3.05) is 13.7 Å². The minimum atomic E-state index is 0.278. The van der Waals surface area contributed by atoms with E-state index in [0.29, 0.717) is 11.0 Å². The fourth-order valence-electron chi connectivity index (χ4n) is 1.55. The number of phenols is 1. The fourth-order valence-corrected chi connectivity index (χ4v) is 1.55. The number of rotatable bonds is 4. The van der Waals surface area contributed by atoms with Gasteiger partial charge in [0.1, 0.15) is 5.75 Å². The predicted octanol–water partition coefficient (Wildman–Crippen LogP) is 2.58. The molecule has 17 heavy (non-hydrogen) atoms. The second-order valence-electron chi connectivity index (χ2n) is 4.04. The van der Waals surface area contributed by atoms with Crippen LogP contribution in [0.5, 0.6) is 5.75 Å². The van der Waals surface area contributed by atoms with Gasteiger partial charge >= 0.3 is 0 Å². The van der Waals surface area contributed by atoms with Crippen molar-refractivity contribution in [3.05, 3.63) is 34.4 Å². The van der Waals surface area contributed by atoms with Crippen LogP contribution in [0.25, 0.3) is 6.08 Å². The van der Waals surface area contributed by atoms with Gasteiger partial charge in [0.25, 0.3) is 0 Å². The van der Waals surface area contributed by atoms with Gasteiger partial charge in [-0.05, 0) is 43.0 Å². The number of aromatic hydroxyl groups is 1. The molecule has 1 aromatic rings. The van der Waals surface area contributed by atoms with Gasteiger partial charge in [-0.25, -0.2) is 0 Å². The van der Waals surface area contributed by atoms with Gasteiger partial charge in [0, 0.05) is 7.05 Å². The zero-order valence-electron chi connectivity index (χ0n) is 10.7. The molecule has 0 aliphatic carbocycles. The lowest BCUT2D eigenvalue weighted by Gasteiger charge is -2.10. The average Bonchev–Trinajstić information content (AvgIpc) is 2.27. The van der Waals surface area contributed by atoms with E-state index < -0.39 is 0 Å². The van der Waals surface area contributed by atoms with Crippen molar-refractivity contribution in [1.82, 2.24) is 5.23 Å². The molecule has 4 nitrogen and oxygen atoms in total. The van der Waals surface area contributed by atoms with Crippen LogP contribution >= 0.6 is 0 Å². The first-order chi connectivity index (χ1) is 7.93. The van der Waals surface area contributed by atoms with Gasteiger partial charge in [-0.15, -0.1) is 0 Å². The van der Waals surface area contributed by atoms with Gasteiger partial charge in [-0.2, -0.15) is 0 Å². The Bertz CT molecular complexity index is 425. The molecule has 1 rings (SSSR count). The minimum Gasteiger partial charge on any atom is -0.507 e. The molecule has 0 aliphatic rings. The number of hydrogen-bond donors (Lipinski definition) is 2. The molecule has 0 aliphatic heterocycles. The first kappa shape index (κ1) is 13.7. The quantitative estimate of drug-likeness (QED) is 0.790. The smallest absolute Gasteiger partial charge is 0.122 e. The van der Waals surface area contributed by atoms with Gasteiger partial charge < -0.3 is 5.11 Å². The molecule has 1 aromatic carbocycles. The Morgan fingerprint density at radius 2 is 1.94 bits per heavy atom. The monoisotopic (exact) mass is 237 g/mol. The summed E-state index contributed by atoms with van der Waals surface area (Å²) >= 11 is 0. The van der Waals surface area contributed by atoms with Crippen LogP contribution in [-0.2, 0) is 4.84 Å². The van der Waals surface area contributed by atoms with Gasteiger partial charge in [-0.1, -0.05) is 23.4 Å². The number of benzene rings is 1. The van der Waals surface area contributed by atoms with Crippen LogP contribution in [0, 0.1) is 20.8 Å². The molecular formula is C13H19NO3. The number of nitrogens with zero attached hydrogens (tertiary/aromatic N) is 1. The van der Waals surface area contributed by atoms with E-state index in [2.05, 4.69) is 0 Å². The van der Waals surface area contributed by atoms with Crippen LogP contribution in [0.1, 0.15) is 22.3 Å². The first-order valence-corrected chi connectivity index (χ1v) is 5.45. The predicted molar refractivity (Wildman–Crippen MR) is 66.9 cm³/mol. The van der Waals surface area contributed by atoms with Crippen molar-refractivity contribution in [2.45, 2.75) is 20.8 Å². The molecule has 0 saturated heterocycles. The molecule has 0 fully saturated rings. The van der Waals surface area contributed by atoms with Crippen LogP contribution in [-0.4, -0.2) is 29.2 Å². The Morgan fingerprint density at radius 1 is 1.29 bits per heavy atom. The Hall–Kier alpha value is -1.36. The number of hydroxylamine groups is 2. The second kappa shape index (κ2) is 5.82. The molecule has 94 valence electrons. The topological polar surface area (TPSA) is 52.9 Å². The third-order valence-electron chi connectivity index (χ3n) is 2.76. The SMILES string of the molecule is Cc1cc(/C=C/CON(C)O)c(C)c(O)c1C. The van der Waals surface area contributed by atoms with Crippen LogP contribution < -0.4 is 0 Å².